The number of carbonyl (C=O) groups is 3. The molecule has 0 heterocycles. The summed E-state index contributed by atoms with van der Waals surface area (Å²) < 4.78 is 102. The maximum Gasteiger partial charge on any atom is 0.448 e. The van der Waals surface area contributed by atoms with Crippen LogP contribution in [0, 0.1) is 0 Å². The van der Waals surface area contributed by atoms with Crippen LogP contribution in [0.2, 0.25) is 0 Å². The van der Waals surface area contributed by atoms with Crippen molar-refractivity contribution in [2.75, 3.05) is 0 Å². The maximum atomic E-state index is 11.3. The molecule has 0 spiro atoms. The van der Waals surface area contributed by atoms with E-state index in [-0.39, 0.29) is 52.4 Å². The normalized spacial score (nSPS) is 12.6. The zero-order valence-electron chi connectivity index (χ0n) is 15.9. The van der Waals surface area contributed by atoms with Gasteiger partial charge in [0.15, 0.2) is 17.3 Å². The van der Waals surface area contributed by atoms with Gasteiger partial charge in [0, 0.05) is 52.4 Å². The van der Waals surface area contributed by atoms with Gasteiger partial charge in [-0.3, -0.25) is 14.4 Å². The minimum Gasteiger partial charge on any atom is -0.504 e. The minimum absolute atomic E-state index is 0. The first kappa shape index (κ1) is 40.4. The van der Waals surface area contributed by atoms with E-state index in [2.05, 4.69) is 0 Å². The number of allylic oxidation sites excluding steroid dienone is 6. The van der Waals surface area contributed by atoms with Gasteiger partial charge in [-0.05, 0) is 20.8 Å². The summed E-state index contributed by atoms with van der Waals surface area (Å²) in [6.45, 7) is 2.76. The molecule has 0 aromatic rings. The summed E-state index contributed by atoms with van der Waals surface area (Å²) in [5.74, 6) is -8.10. The number of carbonyl (C=O) groups excluding carboxylic acids is 3. The zero-order valence-corrected chi connectivity index (χ0v) is 18.1. The van der Waals surface area contributed by atoms with Gasteiger partial charge in [-0.1, -0.05) is 0 Å². The molecular weight excluding hydrogens is 559 g/mol. The van der Waals surface area contributed by atoms with E-state index >= 15 is 0 Å². The molecule has 0 saturated heterocycles. The molecule has 0 aromatic carbocycles. The van der Waals surface area contributed by atoms with Crippen molar-refractivity contribution in [3.63, 3.8) is 0 Å². The fourth-order valence-electron chi connectivity index (χ4n) is 0.823. The first-order chi connectivity index (χ1) is 13.0. The Morgan fingerprint density at radius 1 is 0.500 bits per heavy atom. The van der Waals surface area contributed by atoms with Crippen molar-refractivity contribution in [2.45, 2.75) is 39.3 Å². The van der Waals surface area contributed by atoms with Crippen LogP contribution in [0.4, 0.5) is 39.5 Å². The molecule has 190 valence electrons. The number of aliphatic hydroxyl groups excluding tert-OH is 3. The van der Waals surface area contributed by atoms with Crippen molar-refractivity contribution in [2.24, 2.45) is 0 Å². The molecule has 6 nitrogen and oxygen atoms in total. The molecule has 0 bridgehead atoms. The summed E-state index contributed by atoms with van der Waals surface area (Å²) in [6.07, 6.45) is -14.1. The first-order valence-electron chi connectivity index (χ1n) is 6.97. The molecule has 0 amide bonds. The van der Waals surface area contributed by atoms with Gasteiger partial charge in [0.1, 0.15) is 0 Å². The number of halogens is 9. The minimum atomic E-state index is -4.81. The van der Waals surface area contributed by atoms with Crippen LogP contribution in [-0.2, 0) is 48.5 Å². The molecule has 17 heteroatoms. The molecule has 0 aliphatic rings. The van der Waals surface area contributed by atoms with Gasteiger partial charge in [0.05, 0.1) is 0 Å². The summed E-state index contributed by atoms with van der Waals surface area (Å²) in [4.78, 5) is 29.9. The van der Waals surface area contributed by atoms with Crippen LogP contribution < -0.4 is 0 Å². The third kappa shape index (κ3) is 26.1. The number of alkyl halides is 9. The van der Waals surface area contributed by atoms with Gasteiger partial charge < -0.3 is 15.3 Å². The summed E-state index contributed by atoms with van der Waals surface area (Å²) in [5.41, 5.74) is 0. The number of aliphatic hydroxyl groups is 3. The molecule has 0 aliphatic carbocycles. The predicted octanol–water partition coefficient (Wildman–Crippen LogP) is 4.73. The van der Waals surface area contributed by atoms with Crippen molar-refractivity contribution >= 4 is 17.3 Å². The van der Waals surface area contributed by atoms with Crippen LogP contribution >= 0.6 is 0 Å². The Labute approximate surface area is 195 Å². The number of hydrogen-bond acceptors (Lipinski definition) is 6. The number of rotatable bonds is 3. The molecular formula is C15H15F9Fe2O6. The summed E-state index contributed by atoms with van der Waals surface area (Å²) in [5, 5.41) is 24.2. The molecule has 0 unspecified atom stereocenters. The topological polar surface area (TPSA) is 112 Å². The Bertz CT molecular complexity index is 611. The van der Waals surface area contributed by atoms with E-state index in [0.29, 0.717) is 0 Å². The fourth-order valence-corrected chi connectivity index (χ4v) is 0.823. The van der Waals surface area contributed by atoms with E-state index in [1.165, 1.54) is 0 Å². The maximum absolute atomic E-state index is 11.3. The summed E-state index contributed by atoms with van der Waals surface area (Å²) >= 11 is 0. The Balaban J connectivity index is -0.000000110. The van der Waals surface area contributed by atoms with E-state index in [4.69, 9.17) is 15.3 Å². The summed E-state index contributed by atoms with van der Waals surface area (Å²) in [7, 11) is 0. The van der Waals surface area contributed by atoms with E-state index in [1.807, 2.05) is 0 Å². The average Bonchev–Trinajstić information content (AvgIpc) is 2.43. The molecule has 0 atom stereocenters. The van der Waals surface area contributed by atoms with Crippen LogP contribution in [0.25, 0.3) is 0 Å². The standard InChI is InChI=1S/3C5H5F3O2.2Fe/c3*1-3(9)2-4(10)5(6,7)8;;/h3*2,10H,1H3;;. The van der Waals surface area contributed by atoms with Gasteiger partial charge in [0.2, 0.25) is 17.3 Å². The molecule has 0 fully saturated rings. The van der Waals surface area contributed by atoms with Crippen molar-refractivity contribution in [3.05, 3.63) is 35.5 Å². The van der Waals surface area contributed by atoms with Crippen molar-refractivity contribution in [3.8, 4) is 0 Å². The Morgan fingerprint density at radius 2 is 0.625 bits per heavy atom. The van der Waals surface area contributed by atoms with Crippen LogP contribution in [0.3, 0.4) is 0 Å². The Kier molecular flexibility index (Phi) is 21.0. The zero-order chi connectivity index (χ0) is 25.1. The molecule has 0 saturated carbocycles. The van der Waals surface area contributed by atoms with E-state index < -0.39 is 53.2 Å². The smallest absolute Gasteiger partial charge is 0.448 e. The third-order valence-electron chi connectivity index (χ3n) is 1.89. The van der Waals surface area contributed by atoms with Gasteiger partial charge in [-0.15, -0.1) is 0 Å². The van der Waals surface area contributed by atoms with Crippen LogP contribution in [0.15, 0.2) is 35.5 Å². The molecule has 0 rings (SSSR count). The van der Waals surface area contributed by atoms with E-state index in [1.54, 1.807) is 0 Å². The largest absolute Gasteiger partial charge is 0.504 e. The number of hydrogen-bond donors (Lipinski definition) is 3. The monoisotopic (exact) mass is 574 g/mol. The summed E-state index contributed by atoms with van der Waals surface area (Å²) in [6, 6.07) is 0. The SMILES string of the molecule is CC(=O)C=C(O)C(F)(F)F.CC(=O)C=C(O)C(F)(F)F.CC(=O)C=C(O)C(F)(F)F.[Fe].[Fe]. The molecule has 3 N–H and O–H groups in total. The van der Waals surface area contributed by atoms with Gasteiger partial charge in [-0.25, -0.2) is 0 Å². The average molecular weight is 574 g/mol. The van der Waals surface area contributed by atoms with Crippen molar-refractivity contribution < 1.29 is 103 Å². The van der Waals surface area contributed by atoms with Crippen LogP contribution in [0.5, 0.6) is 0 Å². The van der Waals surface area contributed by atoms with Crippen molar-refractivity contribution in [1.82, 2.24) is 0 Å². The molecule has 0 aliphatic heterocycles. The first-order valence-corrected chi connectivity index (χ1v) is 6.97. The second-order valence-corrected chi connectivity index (χ2v) is 4.91. The van der Waals surface area contributed by atoms with Crippen molar-refractivity contribution in [1.29, 1.82) is 0 Å². The predicted molar refractivity (Wildman–Crippen MR) is 82.3 cm³/mol. The quantitative estimate of drug-likeness (QED) is 0.195. The second-order valence-electron chi connectivity index (χ2n) is 4.91. The van der Waals surface area contributed by atoms with Gasteiger partial charge in [0.25, 0.3) is 0 Å². The molecule has 32 heavy (non-hydrogen) atoms. The molecule has 0 aromatic heterocycles. The second kappa shape index (κ2) is 16.6. The third-order valence-corrected chi connectivity index (χ3v) is 1.89. The Hall–Kier alpha value is -1.96. The van der Waals surface area contributed by atoms with E-state index in [0.717, 1.165) is 20.8 Å². The van der Waals surface area contributed by atoms with Gasteiger partial charge >= 0.3 is 18.5 Å². The van der Waals surface area contributed by atoms with Crippen LogP contribution in [-0.4, -0.2) is 51.2 Å². The molecule has 0 radical (unpaired) electrons. The van der Waals surface area contributed by atoms with Gasteiger partial charge in [-0.2, -0.15) is 39.5 Å². The van der Waals surface area contributed by atoms with Crippen LogP contribution in [0.1, 0.15) is 20.8 Å². The fraction of sp³-hybridized carbons (Fsp3) is 0.400. The Morgan fingerprint density at radius 3 is 0.656 bits per heavy atom. The number of ketones is 3. The van der Waals surface area contributed by atoms with E-state index in [9.17, 15) is 53.9 Å².